The molecule has 1 aliphatic carbocycles. The van der Waals surface area contributed by atoms with Crippen LogP contribution in [0, 0.1) is 0 Å². The Labute approximate surface area is 149 Å². The number of aromatic amines is 1. The van der Waals surface area contributed by atoms with Gasteiger partial charge in [-0.15, -0.1) is 0 Å². The number of anilines is 1. The van der Waals surface area contributed by atoms with Crippen molar-refractivity contribution in [3.63, 3.8) is 0 Å². The Bertz CT molecular complexity index is 625. The molecule has 0 bridgehead atoms. The van der Waals surface area contributed by atoms with E-state index in [1.54, 1.807) is 0 Å². The molecule has 1 aromatic rings. The van der Waals surface area contributed by atoms with Crippen LogP contribution in [0.2, 0.25) is 0 Å². The van der Waals surface area contributed by atoms with Crippen LogP contribution in [0.3, 0.4) is 0 Å². The second kappa shape index (κ2) is 7.58. The summed E-state index contributed by atoms with van der Waals surface area (Å²) in [6.45, 7) is 4.77. The summed E-state index contributed by atoms with van der Waals surface area (Å²) in [4.78, 5) is 9.59. The molecule has 1 atom stereocenters. The van der Waals surface area contributed by atoms with Crippen molar-refractivity contribution in [2.24, 2.45) is 4.99 Å². The Hall–Kier alpha value is -1.86. The molecule has 1 saturated heterocycles. The van der Waals surface area contributed by atoms with E-state index in [2.05, 4.69) is 43.7 Å². The Morgan fingerprint density at radius 2 is 2.16 bits per heavy atom. The third-order valence-corrected chi connectivity index (χ3v) is 5.22. The smallest absolute Gasteiger partial charge is 0.177 e. The molecule has 2 aliphatic heterocycles. The highest BCUT2D eigenvalue weighted by Crippen LogP contribution is 2.39. The second-order valence-corrected chi connectivity index (χ2v) is 7.38. The predicted molar refractivity (Wildman–Crippen MR) is 101 cm³/mol. The van der Waals surface area contributed by atoms with Crippen LogP contribution in [-0.4, -0.2) is 65.3 Å². The highest BCUT2D eigenvalue weighted by Gasteiger charge is 2.25. The predicted octanol–water partition coefficient (Wildman–Crippen LogP) is 1.92. The van der Waals surface area contributed by atoms with Gasteiger partial charge in [0.05, 0.1) is 0 Å². The fraction of sp³-hybridized carbons (Fsp3) is 0.667. The van der Waals surface area contributed by atoms with Crippen molar-refractivity contribution in [3.8, 4) is 0 Å². The zero-order valence-electron chi connectivity index (χ0n) is 15.0. The summed E-state index contributed by atoms with van der Waals surface area (Å²) in [5, 5.41) is 14.1. The van der Waals surface area contributed by atoms with Gasteiger partial charge in [-0.2, -0.15) is 5.10 Å². The topological polar surface area (TPSA) is 71.6 Å². The molecule has 2 fully saturated rings. The highest BCUT2D eigenvalue weighted by atomic mass is 15.4. The quantitative estimate of drug-likeness (QED) is 0.705. The second-order valence-electron chi connectivity index (χ2n) is 7.38. The first kappa shape index (κ1) is 16.6. The van der Waals surface area contributed by atoms with Gasteiger partial charge in [-0.1, -0.05) is 0 Å². The molecule has 0 radical (unpaired) electrons. The summed E-state index contributed by atoms with van der Waals surface area (Å²) < 4.78 is 0. The lowest BCUT2D eigenvalue weighted by Crippen LogP contribution is -2.43. The fourth-order valence-corrected chi connectivity index (χ4v) is 3.53. The average molecular weight is 343 g/mol. The lowest BCUT2D eigenvalue weighted by molar-refractivity contribution is 0.210. The van der Waals surface area contributed by atoms with Crippen molar-refractivity contribution in [1.29, 1.82) is 0 Å². The normalized spacial score (nSPS) is 23.8. The number of likely N-dealkylation sites (tertiary alicyclic amines) is 1. The summed E-state index contributed by atoms with van der Waals surface area (Å²) >= 11 is 0. The Morgan fingerprint density at radius 1 is 1.32 bits per heavy atom. The minimum Gasteiger partial charge on any atom is -0.357 e. The van der Waals surface area contributed by atoms with E-state index >= 15 is 0 Å². The monoisotopic (exact) mass is 343 g/mol. The van der Waals surface area contributed by atoms with Gasteiger partial charge in [-0.3, -0.25) is 10.00 Å². The molecule has 7 nitrogen and oxygen atoms in total. The summed E-state index contributed by atoms with van der Waals surface area (Å²) in [6.07, 6.45) is 10.4. The number of aromatic nitrogens is 2. The first-order valence-corrected chi connectivity index (χ1v) is 9.53. The van der Waals surface area contributed by atoms with Crippen molar-refractivity contribution >= 4 is 11.7 Å². The van der Waals surface area contributed by atoms with Gasteiger partial charge >= 0.3 is 0 Å². The van der Waals surface area contributed by atoms with Crippen molar-refractivity contribution < 1.29 is 0 Å². The SMILES string of the molecule is CN(CCCN1CCCC1)C1N=C(Nc2cc(C3CC3)[nH]n2)C=CN1. The van der Waals surface area contributed by atoms with Gasteiger partial charge in [0.1, 0.15) is 5.84 Å². The van der Waals surface area contributed by atoms with E-state index in [1.165, 1.54) is 57.4 Å². The van der Waals surface area contributed by atoms with Crippen LogP contribution in [0.15, 0.2) is 23.3 Å². The number of H-pyrrole nitrogens is 1. The van der Waals surface area contributed by atoms with E-state index in [-0.39, 0.29) is 6.29 Å². The first-order valence-electron chi connectivity index (χ1n) is 9.53. The Morgan fingerprint density at radius 3 is 2.96 bits per heavy atom. The van der Waals surface area contributed by atoms with Crippen molar-refractivity contribution in [2.75, 3.05) is 38.5 Å². The zero-order chi connectivity index (χ0) is 17.1. The Kier molecular flexibility index (Phi) is 5.03. The average Bonchev–Trinajstić information content (AvgIpc) is 3.14. The minimum absolute atomic E-state index is 0.0204. The molecule has 0 amide bonds. The third-order valence-electron chi connectivity index (χ3n) is 5.22. The molecule has 1 unspecified atom stereocenters. The number of amidine groups is 1. The van der Waals surface area contributed by atoms with Gasteiger partial charge in [0.15, 0.2) is 12.1 Å². The van der Waals surface area contributed by atoms with Crippen LogP contribution >= 0.6 is 0 Å². The molecule has 136 valence electrons. The maximum atomic E-state index is 4.76. The summed E-state index contributed by atoms with van der Waals surface area (Å²) in [5.41, 5.74) is 1.23. The van der Waals surface area contributed by atoms with E-state index < -0.39 is 0 Å². The van der Waals surface area contributed by atoms with Crippen LogP contribution in [-0.2, 0) is 0 Å². The van der Waals surface area contributed by atoms with Crippen molar-refractivity contribution in [2.45, 2.75) is 44.3 Å². The van der Waals surface area contributed by atoms with E-state index in [0.29, 0.717) is 5.92 Å². The van der Waals surface area contributed by atoms with E-state index in [1.807, 2.05) is 12.3 Å². The highest BCUT2D eigenvalue weighted by molar-refractivity contribution is 6.03. The van der Waals surface area contributed by atoms with E-state index in [0.717, 1.165) is 18.2 Å². The van der Waals surface area contributed by atoms with E-state index in [9.17, 15) is 0 Å². The number of rotatable bonds is 7. The summed E-state index contributed by atoms with van der Waals surface area (Å²) in [7, 11) is 2.13. The molecule has 0 aromatic carbocycles. The molecule has 3 aliphatic rings. The molecule has 1 saturated carbocycles. The molecular weight excluding hydrogens is 314 g/mol. The number of nitrogens with zero attached hydrogens (tertiary/aromatic N) is 4. The van der Waals surface area contributed by atoms with Crippen LogP contribution < -0.4 is 10.6 Å². The van der Waals surface area contributed by atoms with Crippen LogP contribution in [0.5, 0.6) is 0 Å². The van der Waals surface area contributed by atoms with Gasteiger partial charge in [-0.25, -0.2) is 4.99 Å². The van der Waals surface area contributed by atoms with Crippen LogP contribution in [0.1, 0.15) is 43.7 Å². The molecule has 0 spiro atoms. The molecule has 1 aromatic heterocycles. The number of hydrogen-bond donors (Lipinski definition) is 3. The third kappa shape index (κ3) is 4.41. The molecule has 25 heavy (non-hydrogen) atoms. The van der Waals surface area contributed by atoms with Gasteiger partial charge < -0.3 is 15.5 Å². The lowest BCUT2D eigenvalue weighted by Gasteiger charge is -2.28. The summed E-state index contributed by atoms with van der Waals surface area (Å²) in [6, 6.07) is 2.10. The molecule has 4 rings (SSSR count). The first-order chi connectivity index (χ1) is 12.3. The maximum absolute atomic E-state index is 4.76. The molecule has 3 N–H and O–H groups in total. The maximum Gasteiger partial charge on any atom is 0.177 e. The standard InChI is InChI=1S/C18H29N7/c1-24(9-4-12-25-10-2-3-11-25)18-19-8-7-16(21-18)20-17-13-15(22-23-17)14-5-6-14/h7-8,13-14,18-19H,2-6,9-12H2,1H3,(H2,20,21,22,23). The largest absolute Gasteiger partial charge is 0.357 e. The van der Waals surface area contributed by atoms with Crippen LogP contribution in [0.4, 0.5) is 5.82 Å². The van der Waals surface area contributed by atoms with Gasteiger partial charge in [-0.05, 0) is 64.9 Å². The molecule has 3 heterocycles. The molecule has 7 heteroatoms. The van der Waals surface area contributed by atoms with E-state index in [4.69, 9.17) is 4.99 Å². The minimum atomic E-state index is -0.0204. The fourth-order valence-electron chi connectivity index (χ4n) is 3.53. The van der Waals surface area contributed by atoms with Crippen molar-refractivity contribution in [1.82, 2.24) is 25.3 Å². The number of hydrogen-bond acceptors (Lipinski definition) is 6. The van der Waals surface area contributed by atoms with Gasteiger partial charge in [0.25, 0.3) is 0 Å². The van der Waals surface area contributed by atoms with Crippen molar-refractivity contribution in [3.05, 3.63) is 24.0 Å². The molecular formula is C18H29N7. The number of aliphatic imine (C=N–C) groups is 1. The van der Waals surface area contributed by atoms with Crippen LogP contribution in [0.25, 0.3) is 0 Å². The van der Waals surface area contributed by atoms with Gasteiger partial charge in [0.2, 0.25) is 0 Å². The summed E-state index contributed by atoms with van der Waals surface area (Å²) in [5.74, 6) is 2.38. The zero-order valence-corrected chi connectivity index (χ0v) is 15.0. The van der Waals surface area contributed by atoms with Gasteiger partial charge in [0, 0.05) is 30.4 Å². The lowest BCUT2D eigenvalue weighted by atomic mass is 10.3. The number of nitrogens with one attached hydrogen (secondary N) is 3. The Balaban J connectivity index is 1.27.